The molecule has 2 atom stereocenters. The van der Waals surface area contributed by atoms with Crippen LogP contribution in [0, 0.1) is 5.92 Å². The van der Waals surface area contributed by atoms with Crippen molar-refractivity contribution < 1.29 is 18.3 Å². The molecule has 2 N–H and O–H groups in total. The lowest BCUT2D eigenvalue weighted by molar-refractivity contribution is -0.125. The van der Waals surface area contributed by atoms with Crippen LogP contribution in [0.15, 0.2) is 18.2 Å². The van der Waals surface area contributed by atoms with Gasteiger partial charge in [-0.2, -0.15) is 0 Å². The monoisotopic (exact) mass is 449 g/mol. The molecule has 1 aromatic carbocycles. The molecule has 0 aromatic heterocycles. The fourth-order valence-corrected chi connectivity index (χ4v) is 6.72. The Morgan fingerprint density at radius 1 is 1.19 bits per heavy atom. The number of β-amino-alcohol motifs (C(OH)–C–C–N with tert-alkyl or cyclic N) is 1. The van der Waals surface area contributed by atoms with E-state index in [2.05, 4.69) is 10.2 Å². The number of aliphatic hydroxyl groups excluding tert-OH is 1. The molecule has 1 aliphatic carbocycles. The number of nitrogens with zero attached hydrogens (tertiary/aromatic N) is 2. The third kappa shape index (κ3) is 5.07. The standard InChI is InChI=1S/C23H35N3O4S/c1-16-13-19-14-18(7-8-21(19)26(16)31(2,29)30)22(27)15-25-11-9-20(10-12-25)24-23(28)17-5-3-4-6-17/h7-8,14,16-17,20,22,27H,3-6,9-13,15H2,1-2H3,(H,24,28)/t16-,22+/m1/s1. The second-order valence-corrected chi connectivity index (χ2v) is 11.4. The Bertz CT molecular complexity index is 905. The highest BCUT2D eigenvalue weighted by Crippen LogP contribution is 2.36. The molecule has 4 rings (SSSR count). The van der Waals surface area contributed by atoms with E-state index in [0.29, 0.717) is 13.0 Å². The molecule has 0 unspecified atom stereocenters. The SMILES string of the molecule is C[C@@H]1Cc2cc([C@@H](O)CN3CCC(NC(=O)C4CCCC4)CC3)ccc2N1S(C)(=O)=O. The Kier molecular flexibility index (Phi) is 6.60. The largest absolute Gasteiger partial charge is 0.387 e. The Labute approximate surface area is 185 Å². The average molecular weight is 450 g/mol. The third-order valence-corrected chi connectivity index (χ3v) is 8.36. The van der Waals surface area contributed by atoms with Gasteiger partial charge in [0.15, 0.2) is 0 Å². The maximum atomic E-state index is 12.4. The van der Waals surface area contributed by atoms with Gasteiger partial charge in [0.1, 0.15) is 0 Å². The molecular formula is C23H35N3O4S. The van der Waals surface area contributed by atoms with Crippen molar-refractivity contribution in [3.05, 3.63) is 29.3 Å². The Hall–Kier alpha value is -1.64. The first-order valence-corrected chi connectivity index (χ1v) is 13.4. The number of anilines is 1. The number of amides is 1. The molecule has 7 nitrogen and oxygen atoms in total. The number of rotatable bonds is 6. The number of aliphatic hydroxyl groups is 1. The predicted octanol–water partition coefficient (Wildman–Crippen LogP) is 2.20. The lowest BCUT2D eigenvalue weighted by atomic mass is 10.00. The van der Waals surface area contributed by atoms with E-state index in [0.717, 1.165) is 55.6 Å². The van der Waals surface area contributed by atoms with Crippen molar-refractivity contribution in [1.82, 2.24) is 10.2 Å². The second-order valence-electron chi connectivity index (χ2n) is 9.58. The van der Waals surface area contributed by atoms with Gasteiger partial charge in [-0.05, 0) is 56.2 Å². The van der Waals surface area contributed by atoms with Gasteiger partial charge in [-0.3, -0.25) is 9.10 Å². The first-order chi connectivity index (χ1) is 14.7. The van der Waals surface area contributed by atoms with Gasteiger partial charge in [0.2, 0.25) is 15.9 Å². The first-order valence-electron chi connectivity index (χ1n) is 11.6. The lowest BCUT2D eigenvalue weighted by Crippen LogP contribution is -2.46. The summed E-state index contributed by atoms with van der Waals surface area (Å²) < 4.78 is 25.7. The predicted molar refractivity (Wildman–Crippen MR) is 121 cm³/mol. The minimum atomic E-state index is -3.31. The number of nitrogens with one attached hydrogen (secondary N) is 1. The van der Waals surface area contributed by atoms with Crippen LogP contribution in [0.3, 0.4) is 0 Å². The van der Waals surface area contributed by atoms with Crippen LogP contribution in [0.5, 0.6) is 0 Å². The van der Waals surface area contributed by atoms with Gasteiger partial charge in [-0.15, -0.1) is 0 Å². The van der Waals surface area contributed by atoms with Crippen molar-refractivity contribution in [3.8, 4) is 0 Å². The number of carbonyl (C=O) groups is 1. The van der Waals surface area contributed by atoms with E-state index in [9.17, 15) is 18.3 Å². The topological polar surface area (TPSA) is 89.9 Å². The number of hydrogen-bond donors (Lipinski definition) is 2. The van der Waals surface area contributed by atoms with Gasteiger partial charge in [0.05, 0.1) is 18.0 Å². The Morgan fingerprint density at radius 3 is 2.52 bits per heavy atom. The third-order valence-electron chi connectivity index (χ3n) is 7.09. The van der Waals surface area contributed by atoms with Crippen LogP contribution in [-0.2, 0) is 21.2 Å². The summed E-state index contributed by atoms with van der Waals surface area (Å²) in [5.41, 5.74) is 2.53. The number of carbonyl (C=O) groups excluding carboxylic acids is 1. The normalized spacial score (nSPS) is 24.4. The minimum absolute atomic E-state index is 0.101. The van der Waals surface area contributed by atoms with Gasteiger partial charge in [0, 0.05) is 37.6 Å². The van der Waals surface area contributed by atoms with Crippen LogP contribution in [0.2, 0.25) is 0 Å². The van der Waals surface area contributed by atoms with Crippen LogP contribution < -0.4 is 9.62 Å². The van der Waals surface area contributed by atoms with Crippen LogP contribution in [0.4, 0.5) is 5.69 Å². The minimum Gasteiger partial charge on any atom is -0.387 e. The van der Waals surface area contributed by atoms with E-state index >= 15 is 0 Å². The number of piperidine rings is 1. The van der Waals surface area contributed by atoms with Crippen LogP contribution >= 0.6 is 0 Å². The van der Waals surface area contributed by atoms with Gasteiger partial charge < -0.3 is 15.3 Å². The lowest BCUT2D eigenvalue weighted by Gasteiger charge is -2.34. The molecule has 0 spiro atoms. The number of sulfonamides is 1. The zero-order chi connectivity index (χ0) is 22.2. The summed E-state index contributed by atoms with van der Waals surface area (Å²) in [5.74, 6) is 0.437. The molecular weight excluding hydrogens is 414 g/mol. The number of fused-ring (bicyclic) bond motifs is 1. The molecule has 1 aromatic rings. The van der Waals surface area contributed by atoms with E-state index < -0.39 is 16.1 Å². The van der Waals surface area contributed by atoms with E-state index in [1.807, 2.05) is 25.1 Å². The van der Waals surface area contributed by atoms with Crippen molar-refractivity contribution in [1.29, 1.82) is 0 Å². The van der Waals surface area contributed by atoms with E-state index in [-0.39, 0.29) is 23.9 Å². The van der Waals surface area contributed by atoms with Crippen LogP contribution in [0.25, 0.3) is 0 Å². The molecule has 2 aliphatic heterocycles. The highest BCUT2D eigenvalue weighted by Gasteiger charge is 2.33. The summed E-state index contributed by atoms with van der Waals surface area (Å²) >= 11 is 0. The molecule has 1 amide bonds. The van der Waals surface area contributed by atoms with E-state index in [1.54, 1.807) is 0 Å². The summed E-state index contributed by atoms with van der Waals surface area (Å²) in [6, 6.07) is 5.76. The highest BCUT2D eigenvalue weighted by atomic mass is 32.2. The fraction of sp³-hybridized carbons (Fsp3) is 0.696. The molecule has 31 heavy (non-hydrogen) atoms. The fourth-order valence-electron chi connectivity index (χ4n) is 5.45. The van der Waals surface area contributed by atoms with Crippen molar-refractivity contribution >= 4 is 21.6 Å². The number of likely N-dealkylation sites (tertiary alicyclic amines) is 1. The molecule has 2 heterocycles. The maximum Gasteiger partial charge on any atom is 0.232 e. The summed E-state index contributed by atoms with van der Waals surface area (Å²) in [6.07, 6.45) is 7.50. The second kappa shape index (κ2) is 9.08. The molecule has 2 fully saturated rings. The zero-order valence-electron chi connectivity index (χ0n) is 18.6. The highest BCUT2D eigenvalue weighted by molar-refractivity contribution is 7.92. The van der Waals surface area contributed by atoms with Crippen molar-refractivity contribution in [2.45, 2.75) is 70.1 Å². The molecule has 0 bridgehead atoms. The summed E-state index contributed by atoms with van der Waals surface area (Å²) in [5, 5.41) is 14.0. The van der Waals surface area contributed by atoms with Gasteiger partial charge >= 0.3 is 0 Å². The smallest absolute Gasteiger partial charge is 0.232 e. The molecule has 8 heteroatoms. The molecule has 1 saturated heterocycles. The van der Waals surface area contributed by atoms with E-state index in [1.165, 1.54) is 23.4 Å². The van der Waals surface area contributed by atoms with Gasteiger partial charge in [-0.25, -0.2) is 8.42 Å². The summed E-state index contributed by atoms with van der Waals surface area (Å²) in [4.78, 5) is 14.6. The summed E-state index contributed by atoms with van der Waals surface area (Å²) in [7, 11) is -3.31. The van der Waals surface area contributed by atoms with Gasteiger partial charge in [-0.1, -0.05) is 25.0 Å². The Morgan fingerprint density at radius 2 is 1.87 bits per heavy atom. The molecule has 1 saturated carbocycles. The van der Waals surface area contributed by atoms with Gasteiger partial charge in [0.25, 0.3) is 0 Å². The maximum absolute atomic E-state index is 12.4. The zero-order valence-corrected chi connectivity index (χ0v) is 19.4. The van der Waals surface area contributed by atoms with Crippen LogP contribution in [-0.4, -0.2) is 62.3 Å². The number of benzene rings is 1. The average Bonchev–Trinajstić information content (AvgIpc) is 3.35. The Balaban J connectivity index is 1.30. The van der Waals surface area contributed by atoms with Crippen molar-refractivity contribution in [3.63, 3.8) is 0 Å². The molecule has 172 valence electrons. The summed E-state index contributed by atoms with van der Waals surface area (Å²) in [6.45, 7) is 4.17. The first kappa shape index (κ1) is 22.6. The van der Waals surface area contributed by atoms with Crippen molar-refractivity contribution in [2.24, 2.45) is 5.92 Å². The van der Waals surface area contributed by atoms with Crippen molar-refractivity contribution in [2.75, 3.05) is 30.2 Å². The van der Waals surface area contributed by atoms with Crippen LogP contribution in [0.1, 0.15) is 62.7 Å². The van der Waals surface area contributed by atoms with E-state index in [4.69, 9.17) is 0 Å². The quantitative estimate of drug-likeness (QED) is 0.695. The molecule has 3 aliphatic rings. The number of hydrogen-bond acceptors (Lipinski definition) is 5. The molecule has 0 radical (unpaired) electrons.